The average molecular weight is 466 g/mol. The lowest BCUT2D eigenvalue weighted by Gasteiger charge is -2.09. The molecule has 2 aromatic carbocycles. The van der Waals surface area contributed by atoms with Gasteiger partial charge < -0.3 is 14.4 Å². The van der Waals surface area contributed by atoms with Crippen LogP contribution in [0, 0.1) is 12.7 Å². The lowest BCUT2D eigenvalue weighted by atomic mass is 10.0. The van der Waals surface area contributed by atoms with Gasteiger partial charge >= 0.3 is 0 Å². The second kappa shape index (κ2) is 8.78. The third-order valence-corrected chi connectivity index (χ3v) is 6.11. The van der Waals surface area contributed by atoms with Gasteiger partial charge in [-0.15, -0.1) is 10.2 Å². The third-order valence-electron chi connectivity index (χ3n) is 5.80. The summed E-state index contributed by atoms with van der Waals surface area (Å²) in [5.41, 5.74) is 1.73. The number of amides is 1. The molecule has 2 aromatic heterocycles. The maximum atomic E-state index is 14.4. The third kappa shape index (κ3) is 4.02. The molecule has 0 saturated heterocycles. The van der Waals surface area contributed by atoms with Crippen LogP contribution in [0.1, 0.15) is 41.2 Å². The van der Waals surface area contributed by atoms with E-state index >= 15 is 0 Å². The van der Waals surface area contributed by atoms with Crippen molar-refractivity contribution in [2.45, 2.75) is 39.2 Å². The summed E-state index contributed by atoms with van der Waals surface area (Å²) in [6, 6.07) is 11.7. The van der Waals surface area contributed by atoms with Crippen LogP contribution in [0.15, 0.2) is 47.0 Å². The van der Waals surface area contributed by atoms with E-state index in [2.05, 4.69) is 25.2 Å². The molecule has 0 saturated carbocycles. The van der Waals surface area contributed by atoms with Crippen LogP contribution in [0.5, 0.6) is 0 Å². The zero-order valence-electron chi connectivity index (χ0n) is 17.9. The van der Waals surface area contributed by atoms with Gasteiger partial charge in [0.05, 0.1) is 10.6 Å². The standard InChI is InChI=1S/C24H21ClFN5O2/c1-14-20(22(30-33-14)21-17(25)6-5-7-18(21)26)24(32)27-16-11-9-15(10-12-16)23-29-28-19-8-3-2-4-13-31(19)23/h5-7,9-12H,2-4,8,13H2,1H3,(H,27,32). The van der Waals surface area contributed by atoms with Crippen LogP contribution in [-0.2, 0) is 13.0 Å². The number of carbonyl (C=O) groups excluding carboxylic acids is 1. The molecule has 4 aromatic rings. The molecule has 168 valence electrons. The summed E-state index contributed by atoms with van der Waals surface area (Å²) in [5.74, 6) is 1.07. The smallest absolute Gasteiger partial charge is 0.261 e. The molecule has 0 bridgehead atoms. The van der Waals surface area contributed by atoms with Crippen LogP contribution in [0.3, 0.4) is 0 Å². The zero-order valence-corrected chi connectivity index (χ0v) is 18.7. The Morgan fingerprint density at radius 2 is 1.94 bits per heavy atom. The summed E-state index contributed by atoms with van der Waals surface area (Å²) in [6.45, 7) is 2.50. The Morgan fingerprint density at radius 3 is 2.73 bits per heavy atom. The number of rotatable bonds is 4. The first kappa shape index (κ1) is 21.3. The van der Waals surface area contributed by atoms with E-state index in [1.165, 1.54) is 24.6 Å². The molecule has 5 rings (SSSR count). The largest absolute Gasteiger partial charge is 0.360 e. The summed E-state index contributed by atoms with van der Waals surface area (Å²) in [4.78, 5) is 13.1. The van der Waals surface area contributed by atoms with Gasteiger partial charge in [0.25, 0.3) is 5.91 Å². The Labute approximate surface area is 194 Å². The molecule has 0 atom stereocenters. The van der Waals surface area contributed by atoms with Crippen molar-refractivity contribution in [1.29, 1.82) is 0 Å². The van der Waals surface area contributed by atoms with Crippen molar-refractivity contribution < 1.29 is 13.7 Å². The first-order valence-corrected chi connectivity index (χ1v) is 11.1. The van der Waals surface area contributed by atoms with E-state index in [1.807, 2.05) is 12.1 Å². The average Bonchev–Trinajstić information content (AvgIpc) is 3.29. The number of anilines is 1. The van der Waals surface area contributed by atoms with Crippen LogP contribution in [0.4, 0.5) is 10.1 Å². The second-order valence-electron chi connectivity index (χ2n) is 7.99. The van der Waals surface area contributed by atoms with Crippen LogP contribution in [0.2, 0.25) is 5.02 Å². The lowest BCUT2D eigenvalue weighted by Crippen LogP contribution is -2.13. The first-order valence-electron chi connectivity index (χ1n) is 10.8. The predicted molar refractivity (Wildman–Crippen MR) is 123 cm³/mol. The maximum absolute atomic E-state index is 14.4. The van der Waals surface area contributed by atoms with Crippen LogP contribution in [0.25, 0.3) is 22.6 Å². The van der Waals surface area contributed by atoms with Crippen molar-refractivity contribution in [2.24, 2.45) is 0 Å². The van der Waals surface area contributed by atoms with Crippen LogP contribution in [-0.4, -0.2) is 25.8 Å². The molecule has 1 aliphatic rings. The summed E-state index contributed by atoms with van der Waals surface area (Å²) in [7, 11) is 0. The first-order chi connectivity index (χ1) is 16.0. The minimum atomic E-state index is -0.582. The Hall–Kier alpha value is -3.52. The fraction of sp³-hybridized carbons (Fsp3) is 0.250. The van der Waals surface area contributed by atoms with Gasteiger partial charge in [0.2, 0.25) is 0 Å². The van der Waals surface area contributed by atoms with Crippen molar-refractivity contribution in [3.05, 3.63) is 70.5 Å². The molecular formula is C24H21ClFN5O2. The number of nitrogens with one attached hydrogen (secondary N) is 1. The molecule has 1 aliphatic heterocycles. The molecule has 1 amide bonds. The van der Waals surface area contributed by atoms with Crippen LogP contribution >= 0.6 is 11.6 Å². The fourth-order valence-electron chi connectivity index (χ4n) is 4.13. The number of nitrogens with zero attached hydrogens (tertiary/aromatic N) is 4. The number of halogens is 2. The highest BCUT2D eigenvalue weighted by molar-refractivity contribution is 6.33. The minimum Gasteiger partial charge on any atom is -0.360 e. The molecule has 0 fully saturated rings. The number of hydrogen-bond donors (Lipinski definition) is 1. The maximum Gasteiger partial charge on any atom is 0.261 e. The van der Waals surface area contributed by atoms with Crippen molar-refractivity contribution in [2.75, 3.05) is 5.32 Å². The summed E-state index contributed by atoms with van der Waals surface area (Å²) < 4.78 is 21.8. The van der Waals surface area contributed by atoms with E-state index in [4.69, 9.17) is 16.1 Å². The fourth-order valence-corrected chi connectivity index (χ4v) is 4.38. The van der Waals surface area contributed by atoms with Gasteiger partial charge in [-0.3, -0.25) is 4.79 Å². The molecule has 1 N–H and O–H groups in total. The highest BCUT2D eigenvalue weighted by Gasteiger charge is 2.25. The van der Waals surface area contributed by atoms with Gasteiger partial charge in [-0.05, 0) is 56.2 Å². The Balaban J connectivity index is 1.40. The summed E-state index contributed by atoms with van der Waals surface area (Å²) in [5, 5.41) is 15.6. The summed E-state index contributed by atoms with van der Waals surface area (Å²) in [6.07, 6.45) is 4.37. The van der Waals surface area contributed by atoms with Gasteiger partial charge in [-0.1, -0.05) is 29.2 Å². The van der Waals surface area contributed by atoms with Gasteiger partial charge in [0.1, 0.15) is 28.7 Å². The molecule has 9 heteroatoms. The number of benzene rings is 2. The SMILES string of the molecule is Cc1onc(-c2c(F)cccc2Cl)c1C(=O)Nc1ccc(-c2nnc3n2CCCCC3)cc1. The van der Waals surface area contributed by atoms with E-state index in [9.17, 15) is 9.18 Å². The van der Waals surface area contributed by atoms with E-state index in [1.54, 1.807) is 19.1 Å². The topological polar surface area (TPSA) is 85.8 Å². The molecule has 0 spiro atoms. The van der Waals surface area contributed by atoms with Gasteiger partial charge in [-0.2, -0.15) is 0 Å². The molecule has 0 radical (unpaired) electrons. The highest BCUT2D eigenvalue weighted by Crippen LogP contribution is 2.34. The molecular weight excluding hydrogens is 445 g/mol. The monoisotopic (exact) mass is 465 g/mol. The molecule has 7 nitrogen and oxygen atoms in total. The van der Waals surface area contributed by atoms with Crippen molar-refractivity contribution >= 4 is 23.2 Å². The van der Waals surface area contributed by atoms with Gasteiger partial charge in [-0.25, -0.2) is 4.39 Å². The van der Waals surface area contributed by atoms with E-state index < -0.39 is 11.7 Å². The molecule has 33 heavy (non-hydrogen) atoms. The van der Waals surface area contributed by atoms with Crippen molar-refractivity contribution in [3.8, 4) is 22.6 Å². The summed E-state index contributed by atoms with van der Waals surface area (Å²) >= 11 is 6.17. The number of hydrogen-bond acceptors (Lipinski definition) is 5. The molecule has 0 unspecified atom stereocenters. The molecule has 3 heterocycles. The van der Waals surface area contributed by atoms with E-state index in [0.717, 1.165) is 43.0 Å². The normalized spacial score (nSPS) is 13.4. The number of aryl methyl sites for hydroxylation is 2. The van der Waals surface area contributed by atoms with Crippen LogP contribution < -0.4 is 5.32 Å². The van der Waals surface area contributed by atoms with E-state index in [-0.39, 0.29) is 27.6 Å². The quantitative estimate of drug-likeness (QED) is 0.419. The minimum absolute atomic E-state index is 0.0315. The number of carbonyl (C=O) groups is 1. The lowest BCUT2D eigenvalue weighted by molar-refractivity contribution is 0.102. The second-order valence-corrected chi connectivity index (χ2v) is 8.40. The number of aromatic nitrogens is 4. The number of fused-ring (bicyclic) bond motifs is 1. The predicted octanol–water partition coefficient (Wildman–Crippen LogP) is 5.68. The Kier molecular flexibility index (Phi) is 5.68. The van der Waals surface area contributed by atoms with Crippen molar-refractivity contribution in [1.82, 2.24) is 19.9 Å². The Bertz CT molecular complexity index is 1310. The van der Waals surface area contributed by atoms with Gasteiger partial charge in [0, 0.05) is 24.2 Å². The Morgan fingerprint density at radius 1 is 1.12 bits per heavy atom. The van der Waals surface area contributed by atoms with Crippen molar-refractivity contribution in [3.63, 3.8) is 0 Å². The van der Waals surface area contributed by atoms with E-state index in [0.29, 0.717) is 5.69 Å². The van der Waals surface area contributed by atoms with Gasteiger partial charge in [0.15, 0.2) is 5.82 Å². The zero-order chi connectivity index (χ0) is 22.9. The molecule has 0 aliphatic carbocycles. The highest BCUT2D eigenvalue weighted by atomic mass is 35.5.